The average molecular weight is 527 g/mol. The van der Waals surface area contributed by atoms with Crippen LogP contribution in [0.25, 0.3) is 11.0 Å². The monoisotopic (exact) mass is 526 g/mol. The van der Waals surface area contributed by atoms with Crippen LogP contribution in [-0.4, -0.2) is 55.2 Å². The number of fused-ring (bicyclic) bond motifs is 1. The van der Waals surface area contributed by atoms with Gasteiger partial charge in [0.1, 0.15) is 35.4 Å². The number of nitrogens with zero attached hydrogens (tertiary/aromatic N) is 5. The van der Waals surface area contributed by atoms with Crippen molar-refractivity contribution in [1.82, 2.24) is 14.9 Å². The quantitative estimate of drug-likeness (QED) is 0.322. The van der Waals surface area contributed by atoms with Gasteiger partial charge in [0.2, 0.25) is 0 Å². The molecule has 8 nitrogen and oxygen atoms in total. The number of methoxy groups -OCH3 is 1. The van der Waals surface area contributed by atoms with Crippen LogP contribution in [0, 0.1) is 17.1 Å². The average Bonchev–Trinajstić information content (AvgIpc) is 2.96. The fraction of sp³-hybridized carbons (Fsp3) is 0.300. The first-order valence-corrected chi connectivity index (χ1v) is 12.9. The minimum Gasteiger partial charge on any atom is -0.493 e. The molecule has 1 aromatic heterocycles. The Morgan fingerprint density at radius 3 is 2.64 bits per heavy atom. The van der Waals surface area contributed by atoms with Crippen molar-refractivity contribution in [2.24, 2.45) is 0 Å². The minimum atomic E-state index is -0.308. The lowest BCUT2D eigenvalue weighted by atomic mass is 10.0. The van der Waals surface area contributed by atoms with Crippen molar-refractivity contribution >= 4 is 28.2 Å². The molecule has 1 aliphatic heterocycles. The van der Waals surface area contributed by atoms with E-state index in [1.54, 1.807) is 37.6 Å². The third-order valence-corrected chi connectivity index (χ3v) is 7.06. The second-order valence-corrected chi connectivity index (χ2v) is 9.79. The van der Waals surface area contributed by atoms with Crippen LogP contribution in [0.1, 0.15) is 24.0 Å². The normalized spacial score (nSPS) is 13.9. The molecule has 5 rings (SSSR count). The molecule has 0 amide bonds. The van der Waals surface area contributed by atoms with Gasteiger partial charge in [-0.25, -0.2) is 9.37 Å². The summed E-state index contributed by atoms with van der Waals surface area (Å²) in [5, 5.41) is 13.4. The molecular weight excluding hydrogens is 495 g/mol. The van der Waals surface area contributed by atoms with Gasteiger partial charge in [-0.05, 0) is 68.9 Å². The number of aromatic nitrogens is 2. The maximum Gasteiger partial charge on any atom is 0.162 e. The fourth-order valence-corrected chi connectivity index (χ4v) is 4.86. The van der Waals surface area contributed by atoms with E-state index in [-0.39, 0.29) is 12.4 Å². The summed E-state index contributed by atoms with van der Waals surface area (Å²) in [6.45, 7) is 2.00. The summed E-state index contributed by atoms with van der Waals surface area (Å²) in [6, 6.07) is 18.3. The molecule has 1 saturated heterocycles. The Labute approximate surface area is 227 Å². The van der Waals surface area contributed by atoms with Crippen LogP contribution in [0.4, 0.5) is 21.6 Å². The van der Waals surface area contributed by atoms with Gasteiger partial charge in [-0.2, -0.15) is 5.26 Å². The third-order valence-electron chi connectivity index (χ3n) is 7.06. The number of piperidine rings is 1. The van der Waals surface area contributed by atoms with Crippen LogP contribution in [-0.2, 0) is 6.61 Å². The zero-order chi connectivity index (χ0) is 27.4. The van der Waals surface area contributed by atoms with E-state index >= 15 is 0 Å². The van der Waals surface area contributed by atoms with Gasteiger partial charge in [0, 0.05) is 30.9 Å². The van der Waals surface area contributed by atoms with Crippen molar-refractivity contribution in [3.05, 3.63) is 77.7 Å². The molecule has 39 heavy (non-hydrogen) atoms. The molecule has 0 bridgehead atoms. The Bertz CT molecular complexity index is 1510. The number of ether oxygens (including phenoxy) is 2. The molecular formula is C30H31FN6O2. The maximum atomic E-state index is 13.5. The van der Waals surface area contributed by atoms with E-state index in [9.17, 15) is 9.65 Å². The first-order valence-electron chi connectivity index (χ1n) is 12.9. The largest absolute Gasteiger partial charge is 0.493 e. The SMILES string of the molecule is COc1cc(Nc2ccc3ncc(N4CCC(N(C)C)CC4)nc3c2C#N)ccc1OCc1cccc(F)c1. The highest BCUT2D eigenvalue weighted by Gasteiger charge is 2.22. The fourth-order valence-electron chi connectivity index (χ4n) is 4.86. The van der Waals surface area contributed by atoms with Gasteiger partial charge in [-0.3, -0.25) is 4.98 Å². The summed E-state index contributed by atoms with van der Waals surface area (Å²) >= 11 is 0. The van der Waals surface area contributed by atoms with E-state index in [1.807, 2.05) is 18.2 Å². The summed E-state index contributed by atoms with van der Waals surface area (Å²) in [5.41, 5.74) is 3.72. The van der Waals surface area contributed by atoms with Gasteiger partial charge in [0.15, 0.2) is 11.5 Å². The number of nitrogens with one attached hydrogen (secondary N) is 1. The highest BCUT2D eigenvalue weighted by Crippen LogP contribution is 2.34. The van der Waals surface area contributed by atoms with Gasteiger partial charge in [0.05, 0.1) is 24.5 Å². The standard InChI is InChI=1S/C30H31FN6O2/c1-36(2)23-11-13-37(14-12-23)29-18-33-26-9-8-25(24(17-32)30(26)35-29)34-22-7-10-27(28(16-22)38-3)39-19-20-5-4-6-21(31)15-20/h4-10,15-16,18,23,34H,11-14,19H2,1-3H3. The van der Waals surface area contributed by atoms with Crippen LogP contribution in [0.3, 0.4) is 0 Å². The van der Waals surface area contributed by atoms with E-state index in [4.69, 9.17) is 14.5 Å². The Kier molecular flexibility index (Phi) is 7.75. The van der Waals surface area contributed by atoms with Gasteiger partial charge in [-0.1, -0.05) is 12.1 Å². The van der Waals surface area contributed by atoms with Crippen molar-refractivity contribution in [1.29, 1.82) is 5.26 Å². The molecule has 2 heterocycles. The number of hydrogen-bond acceptors (Lipinski definition) is 8. The van der Waals surface area contributed by atoms with E-state index in [0.29, 0.717) is 39.8 Å². The van der Waals surface area contributed by atoms with E-state index in [1.165, 1.54) is 12.1 Å². The minimum absolute atomic E-state index is 0.206. The Balaban J connectivity index is 1.36. The summed E-state index contributed by atoms with van der Waals surface area (Å²) < 4.78 is 24.9. The molecule has 0 unspecified atom stereocenters. The van der Waals surface area contributed by atoms with Gasteiger partial charge in [-0.15, -0.1) is 0 Å². The van der Waals surface area contributed by atoms with Gasteiger partial charge < -0.3 is 24.6 Å². The second-order valence-electron chi connectivity index (χ2n) is 9.79. The highest BCUT2D eigenvalue weighted by molar-refractivity contribution is 5.89. The smallest absolute Gasteiger partial charge is 0.162 e. The number of anilines is 3. The van der Waals surface area contributed by atoms with Crippen molar-refractivity contribution in [3.8, 4) is 17.6 Å². The molecule has 0 saturated carbocycles. The number of rotatable bonds is 8. The van der Waals surface area contributed by atoms with Crippen LogP contribution in [0.5, 0.6) is 11.5 Å². The molecule has 9 heteroatoms. The predicted octanol–water partition coefficient (Wildman–Crippen LogP) is 5.50. The molecule has 0 aliphatic carbocycles. The predicted molar refractivity (Wildman–Crippen MR) is 150 cm³/mol. The third kappa shape index (κ3) is 5.86. The molecule has 3 aromatic carbocycles. The Morgan fingerprint density at radius 2 is 1.92 bits per heavy atom. The van der Waals surface area contributed by atoms with Crippen molar-refractivity contribution < 1.29 is 13.9 Å². The first kappa shape index (κ1) is 26.2. The molecule has 200 valence electrons. The van der Waals surface area contributed by atoms with E-state index in [0.717, 1.165) is 43.0 Å². The molecule has 0 radical (unpaired) electrons. The summed E-state index contributed by atoms with van der Waals surface area (Å²) in [4.78, 5) is 14.0. The Hall–Kier alpha value is -4.42. The number of halogens is 1. The molecule has 4 aromatic rings. The van der Waals surface area contributed by atoms with Crippen molar-refractivity contribution in [2.75, 3.05) is 44.5 Å². The topological polar surface area (TPSA) is 86.5 Å². The van der Waals surface area contributed by atoms with Crippen LogP contribution >= 0.6 is 0 Å². The summed E-state index contributed by atoms with van der Waals surface area (Å²) in [7, 11) is 5.80. The Morgan fingerprint density at radius 1 is 1.10 bits per heavy atom. The number of benzene rings is 3. The van der Waals surface area contributed by atoms with Crippen LogP contribution in [0.15, 0.2) is 60.8 Å². The molecule has 0 atom stereocenters. The van der Waals surface area contributed by atoms with Gasteiger partial charge in [0.25, 0.3) is 0 Å². The maximum absolute atomic E-state index is 13.5. The lowest BCUT2D eigenvalue weighted by molar-refractivity contribution is 0.249. The zero-order valence-corrected chi connectivity index (χ0v) is 22.3. The lowest BCUT2D eigenvalue weighted by Crippen LogP contribution is -2.42. The van der Waals surface area contributed by atoms with Crippen LogP contribution < -0.4 is 19.7 Å². The molecule has 1 aliphatic rings. The van der Waals surface area contributed by atoms with E-state index < -0.39 is 0 Å². The first-order chi connectivity index (χ1) is 18.9. The van der Waals surface area contributed by atoms with Crippen molar-refractivity contribution in [2.45, 2.75) is 25.5 Å². The molecule has 1 N–H and O–H groups in total. The molecule has 0 spiro atoms. The van der Waals surface area contributed by atoms with Crippen molar-refractivity contribution in [3.63, 3.8) is 0 Å². The van der Waals surface area contributed by atoms with Gasteiger partial charge >= 0.3 is 0 Å². The van der Waals surface area contributed by atoms with E-state index in [2.05, 4.69) is 40.3 Å². The summed E-state index contributed by atoms with van der Waals surface area (Å²) in [5.74, 6) is 1.52. The lowest BCUT2D eigenvalue weighted by Gasteiger charge is -2.35. The molecule has 1 fully saturated rings. The summed E-state index contributed by atoms with van der Waals surface area (Å²) in [6.07, 6.45) is 3.91. The highest BCUT2D eigenvalue weighted by atomic mass is 19.1. The zero-order valence-electron chi connectivity index (χ0n) is 22.3. The second kappa shape index (κ2) is 11.5. The number of nitriles is 1. The number of hydrogen-bond donors (Lipinski definition) is 1. The van der Waals surface area contributed by atoms with Crippen LogP contribution in [0.2, 0.25) is 0 Å².